The van der Waals surface area contributed by atoms with Crippen molar-refractivity contribution in [2.45, 2.75) is 6.92 Å². The van der Waals surface area contributed by atoms with Crippen molar-refractivity contribution in [1.29, 1.82) is 0 Å². The fourth-order valence-corrected chi connectivity index (χ4v) is 2.06. The Balaban J connectivity index is 2.76. The summed E-state index contributed by atoms with van der Waals surface area (Å²) in [5.41, 5.74) is 0.698. The van der Waals surface area contributed by atoms with Crippen molar-refractivity contribution in [3.8, 4) is 11.3 Å². The van der Waals surface area contributed by atoms with E-state index in [9.17, 15) is 8.78 Å². The molecule has 0 saturated carbocycles. The van der Waals surface area contributed by atoms with Crippen LogP contribution in [0.2, 0.25) is 0 Å². The van der Waals surface area contributed by atoms with Gasteiger partial charge >= 0.3 is 0 Å². The van der Waals surface area contributed by atoms with Crippen LogP contribution in [-0.2, 0) is 0 Å². The number of aromatic nitrogens is 2. The molecule has 0 atom stereocenters. The summed E-state index contributed by atoms with van der Waals surface area (Å²) in [7, 11) is 0. The second-order valence-electron chi connectivity index (χ2n) is 3.47. The SMILES string of the molecule is Cc1cc(-c2c(F)ccc(Br)c2F)nc(=S)[nH]1. The number of hydrogen-bond donors (Lipinski definition) is 1. The maximum absolute atomic E-state index is 13.8. The highest BCUT2D eigenvalue weighted by Gasteiger charge is 2.15. The summed E-state index contributed by atoms with van der Waals surface area (Å²) in [6, 6.07) is 4.04. The Kier molecular flexibility index (Phi) is 3.35. The number of nitrogens with zero attached hydrogens (tertiary/aromatic N) is 1. The minimum Gasteiger partial charge on any atom is -0.335 e. The van der Waals surface area contributed by atoms with Gasteiger partial charge in [0.15, 0.2) is 4.77 Å². The van der Waals surface area contributed by atoms with E-state index in [1.54, 1.807) is 13.0 Å². The number of benzene rings is 1. The molecule has 6 heteroatoms. The zero-order valence-electron chi connectivity index (χ0n) is 8.72. The predicted octanol–water partition coefficient (Wildman–Crippen LogP) is 4.16. The third-order valence-electron chi connectivity index (χ3n) is 2.18. The molecule has 0 fully saturated rings. The molecule has 0 aliphatic rings. The maximum atomic E-state index is 13.8. The van der Waals surface area contributed by atoms with Crippen LogP contribution in [0.3, 0.4) is 0 Å². The van der Waals surface area contributed by atoms with Crippen LogP contribution in [0.4, 0.5) is 8.78 Å². The molecular formula is C11H7BrF2N2S. The highest BCUT2D eigenvalue weighted by atomic mass is 79.9. The molecule has 2 rings (SSSR count). The van der Waals surface area contributed by atoms with E-state index in [0.29, 0.717) is 5.69 Å². The molecule has 17 heavy (non-hydrogen) atoms. The summed E-state index contributed by atoms with van der Waals surface area (Å²) in [6.07, 6.45) is 0. The Morgan fingerprint density at radius 3 is 2.71 bits per heavy atom. The van der Waals surface area contributed by atoms with Gasteiger partial charge in [0.25, 0.3) is 0 Å². The van der Waals surface area contributed by atoms with Crippen LogP contribution in [0.5, 0.6) is 0 Å². The van der Waals surface area contributed by atoms with Crippen LogP contribution >= 0.6 is 28.1 Å². The van der Waals surface area contributed by atoms with E-state index in [0.717, 1.165) is 0 Å². The van der Waals surface area contributed by atoms with E-state index >= 15 is 0 Å². The first-order chi connectivity index (χ1) is 7.99. The van der Waals surface area contributed by atoms with E-state index < -0.39 is 11.6 Å². The van der Waals surface area contributed by atoms with Gasteiger partial charge in [-0.15, -0.1) is 0 Å². The molecular weight excluding hydrogens is 310 g/mol. The largest absolute Gasteiger partial charge is 0.335 e. The van der Waals surface area contributed by atoms with Gasteiger partial charge in [0, 0.05) is 5.69 Å². The lowest BCUT2D eigenvalue weighted by atomic mass is 10.1. The lowest BCUT2D eigenvalue weighted by Gasteiger charge is -2.06. The summed E-state index contributed by atoms with van der Waals surface area (Å²) in [4.78, 5) is 6.71. The van der Waals surface area contributed by atoms with Gasteiger partial charge < -0.3 is 4.98 Å². The third kappa shape index (κ3) is 2.42. The monoisotopic (exact) mass is 316 g/mol. The van der Waals surface area contributed by atoms with Gasteiger partial charge in [-0.25, -0.2) is 13.8 Å². The van der Waals surface area contributed by atoms with Crippen LogP contribution in [0.1, 0.15) is 5.69 Å². The summed E-state index contributed by atoms with van der Waals surface area (Å²) in [5.74, 6) is -1.35. The minimum absolute atomic E-state index is 0.178. The number of halogens is 3. The van der Waals surface area contributed by atoms with E-state index in [1.807, 2.05) is 0 Å². The topological polar surface area (TPSA) is 28.7 Å². The Hall–Kier alpha value is -1.14. The van der Waals surface area contributed by atoms with Crippen LogP contribution in [0.15, 0.2) is 22.7 Å². The molecule has 0 bridgehead atoms. The number of H-pyrrole nitrogens is 1. The van der Waals surface area contributed by atoms with Gasteiger partial charge in [-0.2, -0.15) is 0 Å². The average molecular weight is 317 g/mol. The fraction of sp³-hybridized carbons (Fsp3) is 0.0909. The third-order valence-corrected chi connectivity index (χ3v) is 2.99. The molecule has 0 unspecified atom stereocenters. The highest BCUT2D eigenvalue weighted by molar-refractivity contribution is 9.10. The van der Waals surface area contributed by atoms with Crippen molar-refractivity contribution in [2.24, 2.45) is 0 Å². The van der Waals surface area contributed by atoms with E-state index in [1.165, 1.54) is 12.1 Å². The van der Waals surface area contributed by atoms with Gasteiger partial charge in [0.1, 0.15) is 11.6 Å². The van der Waals surface area contributed by atoms with Crippen LogP contribution in [0.25, 0.3) is 11.3 Å². The number of aromatic amines is 1. The van der Waals surface area contributed by atoms with Crippen molar-refractivity contribution in [1.82, 2.24) is 9.97 Å². The van der Waals surface area contributed by atoms with Crippen molar-refractivity contribution in [2.75, 3.05) is 0 Å². The van der Waals surface area contributed by atoms with E-state index in [-0.39, 0.29) is 20.5 Å². The first-order valence-electron chi connectivity index (χ1n) is 4.71. The normalized spacial score (nSPS) is 10.6. The standard InChI is InChI=1S/C11H7BrF2N2S/c1-5-4-8(16-11(17)15-5)9-7(13)3-2-6(12)10(9)14/h2-4H,1H3,(H,15,16,17). The molecule has 2 nitrogen and oxygen atoms in total. The second-order valence-corrected chi connectivity index (χ2v) is 4.71. The van der Waals surface area contributed by atoms with Crippen LogP contribution < -0.4 is 0 Å². The Bertz CT molecular complexity index is 640. The second kappa shape index (κ2) is 4.62. The summed E-state index contributed by atoms with van der Waals surface area (Å²) >= 11 is 7.89. The lowest BCUT2D eigenvalue weighted by Crippen LogP contribution is -1.96. The maximum Gasteiger partial charge on any atom is 0.197 e. The van der Waals surface area contributed by atoms with Gasteiger partial charge in [0.2, 0.25) is 0 Å². The molecule has 2 aromatic rings. The summed E-state index contributed by atoms with van der Waals surface area (Å²) in [6.45, 7) is 1.74. The fourth-order valence-electron chi connectivity index (χ4n) is 1.47. The molecule has 0 spiro atoms. The van der Waals surface area contributed by atoms with Gasteiger partial charge in [-0.05, 0) is 53.3 Å². The first-order valence-corrected chi connectivity index (χ1v) is 5.91. The first kappa shape index (κ1) is 12.3. The van der Waals surface area contributed by atoms with Crippen LogP contribution in [0, 0.1) is 23.3 Å². The van der Waals surface area contributed by atoms with Crippen molar-refractivity contribution >= 4 is 28.1 Å². The zero-order chi connectivity index (χ0) is 12.6. The van der Waals surface area contributed by atoms with E-state index in [4.69, 9.17) is 12.2 Å². The van der Waals surface area contributed by atoms with Crippen molar-refractivity contribution in [3.63, 3.8) is 0 Å². The average Bonchev–Trinajstić information content (AvgIpc) is 2.23. The van der Waals surface area contributed by atoms with E-state index in [2.05, 4.69) is 25.9 Å². The lowest BCUT2D eigenvalue weighted by molar-refractivity contribution is 0.584. The Morgan fingerprint density at radius 1 is 1.35 bits per heavy atom. The highest BCUT2D eigenvalue weighted by Crippen LogP contribution is 2.29. The molecule has 1 aromatic carbocycles. The van der Waals surface area contributed by atoms with Crippen molar-refractivity contribution in [3.05, 3.63) is 44.8 Å². The smallest absolute Gasteiger partial charge is 0.197 e. The number of hydrogen-bond acceptors (Lipinski definition) is 2. The molecule has 1 N–H and O–H groups in total. The van der Waals surface area contributed by atoms with Crippen LogP contribution in [-0.4, -0.2) is 9.97 Å². The molecule has 0 radical (unpaired) electrons. The molecule has 0 aliphatic heterocycles. The molecule has 0 aliphatic carbocycles. The molecule has 1 aromatic heterocycles. The Morgan fingerprint density at radius 2 is 2.06 bits per heavy atom. The van der Waals surface area contributed by atoms with Gasteiger partial charge in [-0.3, -0.25) is 0 Å². The minimum atomic E-state index is -0.683. The number of nitrogens with one attached hydrogen (secondary N) is 1. The molecule has 0 saturated heterocycles. The summed E-state index contributed by atoms with van der Waals surface area (Å²) in [5, 5.41) is 0. The number of rotatable bonds is 1. The number of aryl methyl sites for hydroxylation is 1. The molecule has 88 valence electrons. The molecule has 1 heterocycles. The summed E-state index contributed by atoms with van der Waals surface area (Å²) < 4.78 is 27.9. The molecule has 0 amide bonds. The van der Waals surface area contributed by atoms with Gasteiger partial charge in [0.05, 0.1) is 15.7 Å². The predicted molar refractivity (Wildman–Crippen MR) is 67.2 cm³/mol. The Labute approximate surface area is 110 Å². The quantitative estimate of drug-likeness (QED) is 0.632. The van der Waals surface area contributed by atoms with Crippen molar-refractivity contribution < 1.29 is 8.78 Å². The zero-order valence-corrected chi connectivity index (χ0v) is 11.1. The van der Waals surface area contributed by atoms with Gasteiger partial charge in [-0.1, -0.05) is 0 Å².